The Kier molecular flexibility index (Phi) is 5.97. The highest BCUT2D eigenvalue weighted by Crippen LogP contribution is 2.31. The van der Waals surface area contributed by atoms with Crippen LogP contribution in [0, 0.1) is 0 Å². The Morgan fingerprint density at radius 2 is 1.67 bits per heavy atom. The minimum atomic E-state index is -4.52. The Morgan fingerprint density at radius 3 is 2.44 bits per heavy atom. The quantitative estimate of drug-likeness (QED) is 0.331. The first-order valence-electron chi connectivity index (χ1n) is 10.7. The fourth-order valence-corrected chi connectivity index (χ4v) is 4.10. The van der Waals surface area contributed by atoms with Gasteiger partial charge in [-0.15, -0.1) is 0 Å². The summed E-state index contributed by atoms with van der Waals surface area (Å²) in [6, 6.07) is 17.9. The fourth-order valence-electron chi connectivity index (χ4n) is 3.89. The molecule has 0 atom stereocenters. The van der Waals surface area contributed by atoms with E-state index >= 15 is 0 Å². The highest BCUT2D eigenvalue weighted by Gasteiger charge is 2.30. The summed E-state index contributed by atoms with van der Waals surface area (Å²) in [5.74, 6) is -0.0664. The number of para-hydroxylation sites is 1. The summed E-state index contributed by atoms with van der Waals surface area (Å²) >= 11 is 6.05. The smallest absolute Gasteiger partial charge is 0.337 e. The van der Waals surface area contributed by atoms with E-state index in [4.69, 9.17) is 16.1 Å². The lowest BCUT2D eigenvalue weighted by atomic mass is 10.1. The van der Waals surface area contributed by atoms with Gasteiger partial charge in [-0.3, -0.25) is 13.9 Å². The number of benzene rings is 3. The highest BCUT2D eigenvalue weighted by atomic mass is 35.5. The van der Waals surface area contributed by atoms with Crippen molar-refractivity contribution in [3.63, 3.8) is 0 Å². The summed E-state index contributed by atoms with van der Waals surface area (Å²) in [6.07, 6.45) is -4.52. The Hall–Kier alpha value is -4.18. The zero-order chi connectivity index (χ0) is 25.4. The molecule has 0 aliphatic carbocycles. The Labute approximate surface area is 206 Å². The van der Waals surface area contributed by atoms with Gasteiger partial charge in [0.1, 0.15) is 6.54 Å². The standard InChI is InChI=1S/C25H16ClF3N4O3/c26-18-8-3-5-15(11-18)13-33-23(34)19-9-1-2-10-20(19)32(24(33)35)14-21-30-22(31-36-21)16-6-4-7-17(12-16)25(27,28)29/h1-12H,13-14H2. The molecule has 0 aliphatic rings. The number of halogens is 4. The van der Waals surface area contributed by atoms with Crippen LogP contribution in [-0.2, 0) is 19.3 Å². The van der Waals surface area contributed by atoms with Gasteiger partial charge in [-0.25, -0.2) is 4.79 Å². The lowest BCUT2D eigenvalue weighted by molar-refractivity contribution is -0.137. The summed E-state index contributed by atoms with van der Waals surface area (Å²) in [6.45, 7) is -0.205. The lowest BCUT2D eigenvalue weighted by Crippen LogP contribution is -2.40. The van der Waals surface area contributed by atoms with Gasteiger partial charge in [0.25, 0.3) is 5.56 Å². The second kappa shape index (κ2) is 9.12. The molecule has 0 radical (unpaired) electrons. The van der Waals surface area contributed by atoms with Gasteiger partial charge in [0.15, 0.2) is 0 Å². The number of hydrogen-bond donors (Lipinski definition) is 0. The Morgan fingerprint density at radius 1 is 0.889 bits per heavy atom. The lowest BCUT2D eigenvalue weighted by Gasteiger charge is -2.13. The minimum absolute atomic E-state index is 0.0115. The summed E-state index contributed by atoms with van der Waals surface area (Å²) in [4.78, 5) is 30.7. The van der Waals surface area contributed by atoms with E-state index in [-0.39, 0.29) is 30.4 Å². The molecule has 2 heterocycles. The van der Waals surface area contributed by atoms with E-state index in [0.29, 0.717) is 21.5 Å². The molecule has 0 N–H and O–H groups in total. The number of nitrogens with zero attached hydrogens (tertiary/aromatic N) is 4. The van der Waals surface area contributed by atoms with Gasteiger partial charge in [-0.1, -0.05) is 53.2 Å². The van der Waals surface area contributed by atoms with Crippen molar-refractivity contribution in [3.05, 3.63) is 116 Å². The van der Waals surface area contributed by atoms with E-state index in [1.54, 1.807) is 48.5 Å². The first-order valence-corrected chi connectivity index (χ1v) is 11.1. The van der Waals surface area contributed by atoms with Gasteiger partial charge in [0.2, 0.25) is 11.7 Å². The van der Waals surface area contributed by atoms with E-state index in [0.717, 1.165) is 16.7 Å². The first kappa shape index (κ1) is 23.6. The number of aromatic nitrogens is 4. The zero-order valence-corrected chi connectivity index (χ0v) is 19.1. The zero-order valence-electron chi connectivity index (χ0n) is 18.4. The minimum Gasteiger partial charge on any atom is -0.337 e. The van der Waals surface area contributed by atoms with Crippen molar-refractivity contribution >= 4 is 22.5 Å². The van der Waals surface area contributed by atoms with E-state index in [9.17, 15) is 22.8 Å². The van der Waals surface area contributed by atoms with Gasteiger partial charge in [0.05, 0.1) is 23.0 Å². The molecular formula is C25H16ClF3N4O3. The van der Waals surface area contributed by atoms with Crippen molar-refractivity contribution in [1.29, 1.82) is 0 Å². The molecule has 11 heteroatoms. The molecule has 0 aliphatic heterocycles. The van der Waals surface area contributed by atoms with Crippen molar-refractivity contribution in [2.24, 2.45) is 0 Å². The molecule has 3 aromatic carbocycles. The predicted octanol–water partition coefficient (Wildman–Crippen LogP) is 4.98. The summed E-state index contributed by atoms with van der Waals surface area (Å²) in [5.41, 5.74) is -0.800. The van der Waals surface area contributed by atoms with Crippen LogP contribution in [0.4, 0.5) is 13.2 Å². The molecular weight excluding hydrogens is 497 g/mol. The van der Waals surface area contributed by atoms with Crippen LogP contribution < -0.4 is 11.2 Å². The van der Waals surface area contributed by atoms with Crippen molar-refractivity contribution in [2.75, 3.05) is 0 Å². The maximum Gasteiger partial charge on any atom is 0.416 e. The molecule has 0 unspecified atom stereocenters. The van der Waals surface area contributed by atoms with Crippen LogP contribution in [-0.4, -0.2) is 19.3 Å². The SMILES string of the molecule is O=c1c2ccccc2n(Cc2nc(-c3cccc(C(F)(F)F)c3)no2)c(=O)n1Cc1cccc(Cl)c1. The van der Waals surface area contributed by atoms with Crippen LogP contribution in [0.5, 0.6) is 0 Å². The van der Waals surface area contributed by atoms with Crippen molar-refractivity contribution < 1.29 is 17.7 Å². The number of alkyl halides is 3. The predicted molar refractivity (Wildman–Crippen MR) is 127 cm³/mol. The van der Waals surface area contributed by atoms with Crippen LogP contribution in [0.3, 0.4) is 0 Å². The molecule has 5 aromatic rings. The van der Waals surface area contributed by atoms with Crippen molar-refractivity contribution in [1.82, 2.24) is 19.3 Å². The molecule has 7 nitrogen and oxygen atoms in total. The van der Waals surface area contributed by atoms with Gasteiger partial charge in [0, 0.05) is 10.6 Å². The largest absolute Gasteiger partial charge is 0.416 e. The van der Waals surface area contributed by atoms with Crippen molar-refractivity contribution in [2.45, 2.75) is 19.3 Å². The number of hydrogen-bond acceptors (Lipinski definition) is 5. The van der Waals surface area contributed by atoms with Gasteiger partial charge < -0.3 is 4.52 Å². The maximum atomic E-state index is 13.4. The first-order chi connectivity index (χ1) is 17.2. The molecule has 0 saturated carbocycles. The second-order valence-electron chi connectivity index (χ2n) is 8.00. The fraction of sp³-hybridized carbons (Fsp3) is 0.120. The maximum absolute atomic E-state index is 13.4. The number of rotatable bonds is 5. The van der Waals surface area contributed by atoms with Crippen LogP contribution in [0.2, 0.25) is 5.02 Å². The third-order valence-corrected chi connectivity index (χ3v) is 5.81. The third kappa shape index (κ3) is 4.55. The molecule has 0 spiro atoms. The van der Waals surface area contributed by atoms with Crippen molar-refractivity contribution in [3.8, 4) is 11.4 Å². The molecule has 0 amide bonds. The van der Waals surface area contributed by atoms with E-state index in [1.165, 1.54) is 16.7 Å². The van der Waals surface area contributed by atoms with E-state index in [1.807, 2.05) is 0 Å². The molecule has 0 fully saturated rings. The summed E-state index contributed by atoms with van der Waals surface area (Å²) < 4.78 is 46.9. The Bertz CT molecular complexity index is 1710. The van der Waals surface area contributed by atoms with E-state index in [2.05, 4.69) is 10.1 Å². The van der Waals surface area contributed by atoms with Gasteiger partial charge in [-0.05, 0) is 42.0 Å². The van der Waals surface area contributed by atoms with E-state index < -0.39 is 23.0 Å². The van der Waals surface area contributed by atoms with Crippen LogP contribution in [0.15, 0.2) is 86.9 Å². The topological polar surface area (TPSA) is 82.9 Å². The average molecular weight is 513 g/mol. The average Bonchev–Trinajstić information content (AvgIpc) is 3.33. The molecule has 36 heavy (non-hydrogen) atoms. The highest BCUT2D eigenvalue weighted by molar-refractivity contribution is 6.30. The molecule has 182 valence electrons. The normalized spacial score (nSPS) is 11.8. The monoisotopic (exact) mass is 512 g/mol. The summed E-state index contributed by atoms with van der Waals surface area (Å²) in [5, 5.41) is 4.55. The Balaban J connectivity index is 1.56. The molecule has 0 bridgehead atoms. The van der Waals surface area contributed by atoms with Crippen LogP contribution in [0.25, 0.3) is 22.3 Å². The van der Waals surface area contributed by atoms with Crippen LogP contribution >= 0.6 is 11.6 Å². The molecule has 2 aromatic heterocycles. The third-order valence-electron chi connectivity index (χ3n) is 5.57. The summed E-state index contributed by atoms with van der Waals surface area (Å²) in [7, 11) is 0. The number of fused-ring (bicyclic) bond motifs is 1. The van der Waals surface area contributed by atoms with Gasteiger partial charge >= 0.3 is 11.9 Å². The van der Waals surface area contributed by atoms with Crippen LogP contribution in [0.1, 0.15) is 17.0 Å². The molecule has 0 saturated heterocycles. The molecule has 5 rings (SSSR count). The van der Waals surface area contributed by atoms with Gasteiger partial charge in [-0.2, -0.15) is 18.2 Å². The second-order valence-corrected chi connectivity index (χ2v) is 8.43.